The third-order valence-corrected chi connectivity index (χ3v) is 4.61. The molecule has 2 atom stereocenters. The Bertz CT molecular complexity index is 545. The van der Waals surface area contributed by atoms with E-state index in [2.05, 4.69) is 26.5 Å². The van der Waals surface area contributed by atoms with Crippen LogP contribution >= 0.6 is 24.8 Å². The van der Waals surface area contributed by atoms with Gasteiger partial charge in [-0.15, -0.1) is 0 Å². The van der Waals surface area contributed by atoms with Crippen LogP contribution in [0.25, 0.3) is 0 Å². The molecule has 1 saturated heterocycles. The number of thiocarbonyl (C=S) groups is 1. The molecule has 0 aromatic heterocycles. The van der Waals surface area contributed by atoms with Crippen LogP contribution in [0, 0.1) is 5.92 Å². The molecule has 6 heteroatoms. The predicted octanol–water partition coefficient (Wildman–Crippen LogP) is 3.22. The first-order valence-corrected chi connectivity index (χ1v) is 8.17. The number of benzene rings is 1. The highest BCUT2D eigenvalue weighted by Gasteiger charge is 2.37. The fraction of sp³-hybridized carbons (Fsp3) is 0.500. The van der Waals surface area contributed by atoms with Gasteiger partial charge in [0.15, 0.2) is 0 Å². The zero-order valence-electron chi connectivity index (χ0n) is 13.0. The summed E-state index contributed by atoms with van der Waals surface area (Å²) in [5.41, 5.74) is 0.976. The van der Waals surface area contributed by atoms with Gasteiger partial charge in [-0.05, 0) is 35.8 Å². The average Bonchev–Trinajstić information content (AvgIpc) is 2.89. The second kappa shape index (κ2) is 7.33. The maximum absolute atomic E-state index is 12.6. The van der Waals surface area contributed by atoms with Crippen molar-refractivity contribution >= 4 is 35.9 Å². The number of rotatable bonds is 5. The summed E-state index contributed by atoms with van der Waals surface area (Å²) in [5, 5.41) is 0.0913. The molecule has 1 aromatic carbocycles. The zero-order chi connectivity index (χ0) is 16.3. The highest BCUT2D eigenvalue weighted by atomic mass is 32.1. The first-order chi connectivity index (χ1) is 10.4. The minimum absolute atomic E-state index is 0.0106. The summed E-state index contributed by atoms with van der Waals surface area (Å²) in [6.45, 7) is 4.59. The van der Waals surface area contributed by atoms with Gasteiger partial charge in [-0.3, -0.25) is 9.69 Å². The van der Waals surface area contributed by atoms with Crippen molar-refractivity contribution in [3.8, 4) is 5.75 Å². The number of hydrogen-bond acceptors (Lipinski definition) is 5. The molecule has 1 aliphatic rings. The Hall–Kier alpha value is -1.27. The Morgan fingerprint density at radius 1 is 1.45 bits per heavy atom. The van der Waals surface area contributed by atoms with Crippen molar-refractivity contribution in [3.63, 3.8) is 0 Å². The lowest BCUT2D eigenvalue weighted by molar-refractivity contribution is -0.128. The quantitative estimate of drug-likeness (QED) is 0.660. The molecular weight excluding hydrogens is 318 g/mol. The number of ether oxygens (including phenoxy) is 2. The van der Waals surface area contributed by atoms with Gasteiger partial charge in [0.1, 0.15) is 12.4 Å². The van der Waals surface area contributed by atoms with Crippen molar-refractivity contribution in [1.29, 1.82) is 0 Å². The third kappa shape index (κ3) is 3.73. The molecule has 0 unspecified atom stereocenters. The predicted molar refractivity (Wildman–Crippen MR) is 93.4 cm³/mol. The van der Waals surface area contributed by atoms with E-state index < -0.39 is 0 Å². The Balaban J connectivity index is 2.05. The van der Waals surface area contributed by atoms with E-state index in [0.717, 1.165) is 11.3 Å². The van der Waals surface area contributed by atoms with E-state index in [1.54, 1.807) is 12.0 Å². The van der Waals surface area contributed by atoms with Crippen LogP contribution in [0.3, 0.4) is 0 Å². The van der Waals surface area contributed by atoms with Crippen molar-refractivity contribution in [3.05, 3.63) is 29.8 Å². The van der Waals surface area contributed by atoms with Gasteiger partial charge in [-0.2, -0.15) is 12.6 Å². The second-order valence-electron chi connectivity index (χ2n) is 5.65. The first-order valence-electron chi connectivity index (χ1n) is 7.25. The van der Waals surface area contributed by atoms with E-state index in [1.807, 2.05) is 24.3 Å². The molecule has 2 rings (SSSR count). The van der Waals surface area contributed by atoms with Crippen molar-refractivity contribution in [2.75, 3.05) is 13.7 Å². The molecule has 1 aromatic rings. The number of nitrogens with zero attached hydrogens (tertiary/aromatic N) is 1. The Morgan fingerprint density at radius 2 is 2.09 bits per heavy atom. The van der Waals surface area contributed by atoms with E-state index in [1.165, 1.54) is 0 Å². The Morgan fingerprint density at radius 3 is 2.64 bits per heavy atom. The van der Waals surface area contributed by atoms with E-state index in [4.69, 9.17) is 21.7 Å². The van der Waals surface area contributed by atoms with E-state index in [-0.39, 0.29) is 28.8 Å². The van der Waals surface area contributed by atoms with Gasteiger partial charge >= 0.3 is 0 Å². The lowest BCUT2D eigenvalue weighted by Crippen LogP contribution is -2.41. The number of hydrogen-bond donors (Lipinski definition) is 1. The summed E-state index contributed by atoms with van der Waals surface area (Å²) in [7, 11) is 1.62. The van der Waals surface area contributed by atoms with Crippen LogP contribution in [-0.4, -0.2) is 35.7 Å². The zero-order valence-corrected chi connectivity index (χ0v) is 14.7. The van der Waals surface area contributed by atoms with Gasteiger partial charge in [0.25, 0.3) is 5.17 Å². The summed E-state index contributed by atoms with van der Waals surface area (Å²) in [5.74, 6) is 1.03. The molecule has 0 saturated carbocycles. The summed E-state index contributed by atoms with van der Waals surface area (Å²) < 4.78 is 10.5. The summed E-state index contributed by atoms with van der Waals surface area (Å²) in [6.07, 6.45) is 0.280. The van der Waals surface area contributed by atoms with Crippen LogP contribution in [0.1, 0.15) is 31.1 Å². The molecule has 1 aliphatic heterocycles. The number of methoxy groups -OCH3 is 1. The van der Waals surface area contributed by atoms with Gasteiger partial charge in [0.05, 0.1) is 13.2 Å². The molecule has 0 N–H and O–H groups in total. The van der Waals surface area contributed by atoms with Gasteiger partial charge in [-0.25, -0.2) is 0 Å². The Labute approximate surface area is 142 Å². The third-order valence-electron chi connectivity index (χ3n) is 3.81. The van der Waals surface area contributed by atoms with Gasteiger partial charge in [0.2, 0.25) is 5.91 Å². The minimum atomic E-state index is -0.186. The maximum Gasteiger partial charge on any atom is 0.266 e. The molecule has 0 radical (unpaired) electrons. The molecular formula is C16H21NO3S2. The van der Waals surface area contributed by atoms with Crippen LogP contribution in [0.2, 0.25) is 0 Å². The standard InChI is InChI=1S/C16H21NO3S2/c1-10(2)13-9-20-16(22)17(13)15(18)8-14(21)11-4-6-12(19-3)7-5-11/h4-7,10,13-14,21H,8-9H2,1-3H3/t13-,14+/m1/s1. The topological polar surface area (TPSA) is 38.8 Å². The fourth-order valence-corrected chi connectivity index (χ4v) is 3.05. The smallest absolute Gasteiger partial charge is 0.266 e. The summed E-state index contributed by atoms with van der Waals surface area (Å²) in [4.78, 5) is 14.2. The fourth-order valence-electron chi connectivity index (χ4n) is 2.42. The summed E-state index contributed by atoms with van der Waals surface area (Å²) >= 11 is 9.71. The van der Waals surface area contributed by atoms with Crippen LogP contribution in [0.4, 0.5) is 0 Å². The van der Waals surface area contributed by atoms with Gasteiger partial charge < -0.3 is 9.47 Å². The normalized spacial score (nSPS) is 19.2. The highest BCUT2D eigenvalue weighted by molar-refractivity contribution is 7.80. The molecule has 0 aliphatic carbocycles. The summed E-state index contributed by atoms with van der Waals surface area (Å²) in [6, 6.07) is 7.58. The van der Waals surface area contributed by atoms with Crippen molar-refractivity contribution in [1.82, 2.24) is 4.90 Å². The lowest BCUT2D eigenvalue weighted by atomic mass is 10.0. The van der Waals surface area contributed by atoms with Crippen molar-refractivity contribution in [2.45, 2.75) is 31.6 Å². The monoisotopic (exact) mass is 339 g/mol. The van der Waals surface area contributed by atoms with E-state index >= 15 is 0 Å². The molecule has 1 amide bonds. The first kappa shape index (κ1) is 17.1. The molecule has 1 fully saturated rings. The molecule has 0 spiro atoms. The lowest BCUT2D eigenvalue weighted by Gasteiger charge is -2.25. The van der Waals surface area contributed by atoms with Gasteiger partial charge in [-0.1, -0.05) is 26.0 Å². The molecule has 22 heavy (non-hydrogen) atoms. The van der Waals surface area contributed by atoms with Crippen LogP contribution in [-0.2, 0) is 9.53 Å². The highest BCUT2D eigenvalue weighted by Crippen LogP contribution is 2.29. The maximum atomic E-state index is 12.6. The van der Waals surface area contributed by atoms with E-state index in [9.17, 15) is 4.79 Å². The van der Waals surface area contributed by atoms with Crippen LogP contribution in [0.5, 0.6) is 5.75 Å². The molecule has 0 bridgehead atoms. The average molecular weight is 339 g/mol. The number of carbonyl (C=O) groups excluding carboxylic acids is 1. The van der Waals surface area contributed by atoms with Gasteiger partial charge in [0, 0.05) is 11.7 Å². The largest absolute Gasteiger partial charge is 0.497 e. The molecule has 1 heterocycles. The SMILES string of the molecule is COc1ccc([C@@H](S)CC(=O)N2C(=S)OC[C@@H]2C(C)C)cc1. The number of thiol groups is 1. The number of carbonyl (C=O) groups is 1. The minimum Gasteiger partial charge on any atom is -0.497 e. The van der Waals surface area contributed by atoms with Crippen molar-refractivity contribution < 1.29 is 14.3 Å². The van der Waals surface area contributed by atoms with Crippen LogP contribution in [0.15, 0.2) is 24.3 Å². The second-order valence-corrected chi connectivity index (χ2v) is 6.62. The van der Waals surface area contributed by atoms with Crippen molar-refractivity contribution in [2.24, 2.45) is 5.92 Å². The molecule has 120 valence electrons. The van der Waals surface area contributed by atoms with E-state index in [0.29, 0.717) is 12.5 Å². The van der Waals surface area contributed by atoms with Crippen LogP contribution < -0.4 is 4.74 Å². The molecule has 4 nitrogen and oxygen atoms in total. The number of amides is 1. The Kier molecular flexibility index (Phi) is 5.69.